The molecule has 0 bridgehead atoms. The van der Waals surface area contributed by atoms with Crippen molar-refractivity contribution in [2.24, 2.45) is 5.92 Å². The van der Waals surface area contributed by atoms with Crippen molar-refractivity contribution in [3.8, 4) is 0 Å². The summed E-state index contributed by atoms with van der Waals surface area (Å²) in [6.07, 6.45) is -0.973. The molecular weight excluding hydrogens is 318 g/mol. The summed E-state index contributed by atoms with van der Waals surface area (Å²) in [7, 11) is 0. The van der Waals surface area contributed by atoms with Gasteiger partial charge in [0.1, 0.15) is 12.3 Å². The summed E-state index contributed by atoms with van der Waals surface area (Å²) in [5.41, 5.74) is 1.12. The first-order valence-corrected chi connectivity index (χ1v) is 8.94. The van der Waals surface area contributed by atoms with Crippen molar-refractivity contribution >= 4 is 23.3 Å². The molecule has 1 aliphatic rings. The van der Waals surface area contributed by atoms with Gasteiger partial charge in [0.15, 0.2) is 0 Å². The van der Waals surface area contributed by atoms with Gasteiger partial charge in [-0.1, -0.05) is 25.1 Å². The van der Waals surface area contributed by atoms with Crippen molar-refractivity contribution in [1.82, 2.24) is 0 Å². The zero-order valence-corrected chi connectivity index (χ0v) is 14.2. The number of allylic oxidation sites excluding steroid dienone is 1. The van der Waals surface area contributed by atoms with E-state index in [2.05, 4.69) is 6.92 Å². The number of carbonyl (C=O) groups is 1. The summed E-state index contributed by atoms with van der Waals surface area (Å²) >= 11 is 1.71. The van der Waals surface area contributed by atoms with Crippen LogP contribution in [0, 0.1) is 5.92 Å². The quantitative estimate of drug-likeness (QED) is 0.421. The Labute approximate surface area is 140 Å². The molecule has 2 rings (SSSR count). The van der Waals surface area contributed by atoms with E-state index < -0.39 is 18.3 Å². The van der Waals surface area contributed by atoms with Crippen LogP contribution in [0.15, 0.2) is 35.2 Å². The number of thioether (sulfide) groups is 1. The molecule has 1 saturated carbocycles. The van der Waals surface area contributed by atoms with Gasteiger partial charge in [0.2, 0.25) is 0 Å². The number of carbonyl (C=O) groups excluding carboxylic acids is 1. The fourth-order valence-electron chi connectivity index (χ4n) is 2.73. The smallest absolute Gasteiger partial charge is 0.338 e. The second-order valence-corrected chi connectivity index (χ2v) is 6.86. The van der Waals surface area contributed by atoms with Crippen LogP contribution in [-0.4, -0.2) is 30.7 Å². The number of rotatable bonds is 6. The third-order valence-electron chi connectivity index (χ3n) is 3.82. The van der Waals surface area contributed by atoms with E-state index >= 15 is 0 Å². The Balaban J connectivity index is 2.25. The largest absolute Gasteiger partial charge is 0.462 e. The molecule has 0 unspecified atom stereocenters. The molecule has 0 saturated heterocycles. The van der Waals surface area contributed by atoms with E-state index in [0.717, 1.165) is 16.2 Å². The van der Waals surface area contributed by atoms with Crippen LogP contribution in [0.1, 0.15) is 32.3 Å². The van der Waals surface area contributed by atoms with Crippen LogP contribution in [0.3, 0.4) is 0 Å². The molecule has 0 amide bonds. The van der Waals surface area contributed by atoms with Crippen LogP contribution in [-0.2, 0) is 9.53 Å². The van der Waals surface area contributed by atoms with E-state index in [0.29, 0.717) is 5.57 Å². The number of halogens is 2. The Kier molecular flexibility index (Phi) is 6.63. The Morgan fingerprint density at radius 3 is 2.35 bits per heavy atom. The zero-order valence-electron chi connectivity index (χ0n) is 13.4. The van der Waals surface area contributed by atoms with Gasteiger partial charge in [0, 0.05) is 4.90 Å². The van der Waals surface area contributed by atoms with E-state index in [1.165, 1.54) is 0 Å². The summed E-state index contributed by atoms with van der Waals surface area (Å²) in [4.78, 5) is 13.3. The SMILES string of the molecule is CCOC(=O)/C(=C\[C@H]1C[C@@H](F)[C@@H](F)C1)c1ccc(SCC)cc1. The molecule has 1 fully saturated rings. The highest BCUT2D eigenvalue weighted by molar-refractivity contribution is 7.99. The molecular formula is C18H22F2O2S. The van der Waals surface area contributed by atoms with Crippen LogP contribution in [0.5, 0.6) is 0 Å². The molecule has 5 heteroatoms. The second kappa shape index (κ2) is 8.48. The second-order valence-electron chi connectivity index (χ2n) is 5.52. The lowest BCUT2D eigenvalue weighted by atomic mass is 9.98. The third kappa shape index (κ3) is 4.80. The number of alkyl halides is 2. The Morgan fingerprint density at radius 1 is 1.22 bits per heavy atom. The maximum atomic E-state index is 13.4. The molecule has 2 nitrogen and oxygen atoms in total. The highest BCUT2D eigenvalue weighted by Gasteiger charge is 2.34. The maximum absolute atomic E-state index is 13.4. The topological polar surface area (TPSA) is 26.3 Å². The highest BCUT2D eigenvalue weighted by atomic mass is 32.2. The molecule has 0 spiro atoms. The summed E-state index contributed by atoms with van der Waals surface area (Å²) in [5.74, 6) is 0.253. The van der Waals surface area contributed by atoms with E-state index in [-0.39, 0.29) is 25.4 Å². The minimum atomic E-state index is -1.44. The number of esters is 1. The lowest BCUT2D eigenvalue weighted by molar-refractivity contribution is -0.136. The predicted molar refractivity (Wildman–Crippen MR) is 90.0 cm³/mol. The van der Waals surface area contributed by atoms with Gasteiger partial charge < -0.3 is 4.74 Å². The van der Waals surface area contributed by atoms with E-state index in [9.17, 15) is 13.6 Å². The first-order chi connectivity index (χ1) is 11.0. The van der Waals surface area contributed by atoms with Crippen LogP contribution in [0.25, 0.3) is 5.57 Å². The molecule has 1 aromatic carbocycles. The average molecular weight is 340 g/mol. The van der Waals surface area contributed by atoms with Gasteiger partial charge in [0.05, 0.1) is 12.2 Å². The summed E-state index contributed by atoms with van der Waals surface area (Å²) in [5, 5.41) is 0. The summed E-state index contributed by atoms with van der Waals surface area (Å²) in [6.45, 7) is 4.08. The molecule has 126 valence electrons. The molecule has 3 atom stereocenters. The molecule has 1 aliphatic carbocycles. The fraction of sp³-hybridized carbons (Fsp3) is 0.500. The normalized spacial score (nSPS) is 24.7. The lowest BCUT2D eigenvalue weighted by Gasteiger charge is -2.11. The van der Waals surface area contributed by atoms with Gasteiger partial charge in [0.25, 0.3) is 0 Å². The number of benzene rings is 1. The van der Waals surface area contributed by atoms with Crippen LogP contribution in [0.4, 0.5) is 8.78 Å². The van der Waals surface area contributed by atoms with Gasteiger partial charge in [-0.2, -0.15) is 0 Å². The van der Waals surface area contributed by atoms with E-state index in [1.807, 2.05) is 24.3 Å². The van der Waals surface area contributed by atoms with Crippen molar-refractivity contribution in [3.63, 3.8) is 0 Å². The number of hydrogen-bond donors (Lipinski definition) is 0. The lowest BCUT2D eigenvalue weighted by Crippen LogP contribution is -2.08. The molecule has 1 aromatic rings. The van der Waals surface area contributed by atoms with Gasteiger partial charge in [-0.3, -0.25) is 0 Å². The Hall–Kier alpha value is -1.36. The van der Waals surface area contributed by atoms with Crippen molar-refractivity contribution < 1.29 is 18.3 Å². The van der Waals surface area contributed by atoms with Crippen molar-refractivity contribution in [2.75, 3.05) is 12.4 Å². The molecule has 0 aromatic heterocycles. The van der Waals surface area contributed by atoms with Crippen molar-refractivity contribution in [2.45, 2.75) is 43.9 Å². The van der Waals surface area contributed by atoms with Crippen molar-refractivity contribution in [3.05, 3.63) is 35.9 Å². The van der Waals surface area contributed by atoms with E-state index in [4.69, 9.17) is 4.74 Å². The first kappa shape index (κ1) is 18.0. The van der Waals surface area contributed by atoms with Crippen LogP contribution >= 0.6 is 11.8 Å². The zero-order chi connectivity index (χ0) is 16.8. The summed E-state index contributed by atoms with van der Waals surface area (Å²) < 4.78 is 31.9. The Bertz CT molecular complexity index is 547. The molecule has 0 radical (unpaired) electrons. The predicted octanol–water partition coefficient (Wildman–Crippen LogP) is 4.83. The standard InChI is InChI=1S/C18H22F2O2S/c1-3-22-18(21)15(9-12-10-16(19)17(20)11-12)13-5-7-14(8-6-13)23-4-2/h5-9,12,16-17H,3-4,10-11H2,1-2H3/b15-9-/t12-,16+,17-. The number of ether oxygens (including phenoxy) is 1. The first-order valence-electron chi connectivity index (χ1n) is 7.95. The maximum Gasteiger partial charge on any atom is 0.338 e. The van der Waals surface area contributed by atoms with Gasteiger partial charge in [-0.15, -0.1) is 11.8 Å². The van der Waals surface area contributed by atoms with E-state index in [1.54, 1.807) is 24.8 Å². The minimum absolute atomic E-state index is 0.119. The van der Waals surface area contributed by atoms with Gasteiger partial charge in [-0.25, -0.2) is 13.6 Å². The molecule has 23 heavy (non-hydrogen) atoms. The summed E-state index contributed by atoms with van der Waals surface area (Å²) in [6, 6.07) is 7.60. The van der Waals surface area contributed by atoms with Crippen molar-refractivity contribution in [1.29, 1.82) is 0 Å². The van der Waals surface area contributed by atoms with Gasteiger partial charge >= 0.3 is 5.97 Å². The number of hydrogen-bond acceptors (Lipinski definition) is 3. The van der Waals surface area contributed by atoms with Crippen LogP contribution < -0.4 is 0 Å². The average Bonchev–Trinajstić information content (AvgIpc) is 2.85. The fourth-order valence-corrected chi connectivity index (χ4v) is 3.39. The van der Waals surface area contributed by atoms with Crippen LogP contribution in [0.2, 0.25) is 0 Å². The third-order valence-corrected chi connectivity index (χ3v) is 4.72. The molecule has 0 aliphatic heterocycles. The Morgan fingerprint density at radius 2 is 1.83 bits per heavy atom. The molecule has 0 heterocycles. The molecule has 0 N–H and O–H groups in total. The van der Waals surface area contributed by atoms with Gasteiger partial charge in [-0.05, 0) is 49.1 Å². The minimum Gasteiger partial charge on any atom is -0.462 e. The monoisotopic (exact) mass is 340 g/mol. The highest BCUT2D eigenvalue weighted by Crippen LogP contribution is 2.34.